The van der Waals surface area contributed by atoms with Crippen LogP contribution in [0.4, 0.5) is 13.2 Å². The van der Waals surface area contributed by atoms with Crippen LogP contribution in [0.3, 0.4) is 0 Å². The number of unbranched alkanes of at least 4 members (excludes halogenated alkanes) is 1. The summed E-state index contributed by atoms with van der Waals surface area (Å²) in [5.41, 5.74) is 1.29. The van der Waals surface area contributed by atoms with E-state index in [1.54, 1.807) is 29.6 Å². The molecule has 0 spiro atoms. The number of aliphatic hydroxyl groups excluding tert-OH is 1. The molecule has 0 fully saturated rings. The molecule has 24 heavy (non-hydrogen) atoms. The number of halogens is 3. The Morgan fingerprint density at radius 1 is 1.33 bits per heavy atom. The largest absolute Gasteiger partial charge is 0.471 e. The molecule has 0 saturated heterocycles. The summed E-state index contributed by atoms with van der Waals surface area (Å²) in [4.78, 5) is 10.7. The normalized spacial score (nSPS) is 12.2. The fourth-order valence-electron chi connectivity index (χ4n) is 1.93. The van der Waals surface area contributed by atoms with Crippen LogP contribution in [0.5, 0.6) is 0 Å². The van der Waals surface area contributed by atoms with E-state index in [2.05, 4.69) is 17.2 Å². The number of amides is 1. The Balaban J connectivity index is 2.51. The van der Waals surface area contributed by atoms with Crippen LogP contribution in [-0.2, 0) is 4.79 Å². The molecule has 0 aliphatic carbocycles. The molecule has 0 heterocycles. The maximum absolute atomic E-state index is 12.1. The van der Waals surface area contributed by atoms with Crippen LogP contribution in [0.15, 0.2) is 24.3 Å². The molecule has 7 heteroatoms. The number of carbonyl (C=O) groups excluding carboxylic acids is 1. The first-order chi connectivity index (χ1) is 11.3. The van der Waals surface area contributed by atoms with Gasteiger partial charge in [0.1, 0.15) is 0 Å². The van der Waals surface area contributed by atoms with Gasteiger partial charge in [0.05, 0.1) is 6.10 Å². The average Bonchev–Trinajstić information content (AvgIpc) is 2.54. The highest BCUT2D eigenvalue weighted by Crippen LogP contribution is 2.18. The molecule has 0 aliphatic heterocycles. The third-order valence-electron chi connectivity index (χ3n) is 3.19. The molecule has 1 aromatic carbocycles. The fourth-order valence-corrected chi connectivity index (χ4v) is 1.93. The summed E-state index contributed by atoms with van der Waals surface area (Å²) in [5, 5.41) is 14.8. The van der Waals surface area contributed by atoms with E-state index in [1.165, 1.54) is 0 Å². The molecular formula is C17H21F3N2O2. The lowest BCUT2D eigenvalue weighted by Gasteiger charge is -2.13. The number of nitrogens with one attached hydrogen (secondary N) is 2. The molecule has 0 aliphatic rings. The molecule has 1 amide bonds. The lowest BCUT2D eigenvalue weighted by molar-refractivity contribution is -0.173. The third kappa shape index (κ3) is 7.49. The van der Waals surface area contributed by atoms with Gasteiger partial charge in [0.25, 0.3) is 0 Å². The van der Waals surface area contributed by atoms with Crippen molar-refractivity contribution in [2.75, 3.05) is 20.1 Å². The van der Waals surface area contributed by atoms with Crippen molar-refractivity contribution >= 4 is 5.91 Å². The summed E-state index contributed by atoms with van der Waals surface area (Å²) < 4.78 is 36.2. The van der Waals surface area contributed by atoms with Crippen molar-refractivity contribution in [1.82, 2.24) is 10.6 Å². The summed E-state index contributed by atoms with van der Waals surface area (Å²) in [6.45, 7) is 0.622. The van der Waals surface area contributed by atoms with Gasteiger partial charge in [-0.05, 0) is 44.1 Å². The number of hydrogen-bond donors (Lipinski definition) is 3. The molecule has 0 saturated carbocycles. The smallest absolute Gasteiger partial charge is 0.388 e. The van der Waals surface area contributed by atoms with Crippen LogP contribution in [0, 0.1) is 11.8 Å². The quantitative estimate of drug-likeness (QED) is 0.526. The Bertz CT molecular complexity index is 591. The molecule has 3 N–H and O–H groups in total. The van der Waals surface area contributed by atoms with Gasteiger partial charge < -0.3 is 15.7 Å². The van der Waals surface area contributed by atoms with Crippen molar-refractivity contribution in [2.24, 2.45) is 0 Å². The van der Waals surface area contributed by atoms with E-state index in [4.69, 9.17) is 0 Å². The maximum Gasteiger partial charge on any atom is 0.471 e. The van der Waals surface area contributed by atoms with Crippen molar-refractivity contribution in [2.45, 2.75) is 31.5 Å². The molecule has 0 aromatic heterocycles. The standard InChI is InChI=1S/C17H21F3N2O2/c1-21-10-4-2-3-6-13-7-5-8-14(12-13)15(23)9-11-22-16(24)17(18,19)20/h5,7-8,12,15,21,23H,2,4,9-11H2,1H3,(H,22,24). The molecule has 1 rings (SSSR count). The van der Waals surface area contributed by atoms with Crippen molar-refractivity contribution in [1.29, 1.82) is 0 Å². The zero-order valence-electron chi connectivity index (χ0n) is 13.4. The summed E-state index contributed by atoms with van der Waals surface area (Å²) in [5.74, 6) is 4.01. The minimum absolute atomic E-state index is 0.0130. The molecule has 1 unspecified atom stereocenters. The number of hydrogen-bond acceptors (Lipinski definition) is 3. The fraction of sp³-hybridized carbons (Fsp3) is 0.471. The lowest BCUT2D eigenvalue weighted by Crippen LogP contribution is -2.37. The molecule has 0 radical (unpaired) electrons. The van der Waals surface area contributed by atoms with Crippen molar-refractivity contribution < 1.29 is 23.1 Å². The van der Waals surface area contributed by atoms with Gasteiger partial charge in [-0.1, -0.05) is 24.0 Å². The van der Waals surface area contributed by atoms with E-state index < -0.39 is 18.2 Å². The van der Waals surface area contributed by atoms with Crippen LogP contribution in [-0.4, -0.2) is 37.3 Å². The Morgan fingerprint density at radius 3 is 2.75 bits per heavy atom. The number of carbonyl (C=O) groups is 1. The van der Waals surface area contributed by atoms with Gasteiger partial charge in [0.15, 0.2) is 0 Å². The zero-order chi connectivity index (χ0) is 18.0. The van der Waals surface area contributed by atoms with E-state index in [1.807, 2.05) is 7.05 Å². The summed E-state index contributed by atoms with van der Waals surface area (Å²) in [6.07, 6.45) is -4.21. The highest BCUT2D eigenvalue weighted by Gasteiger charge is 2.38. The SMILES string of the molecule is CNCCCC#Cc1cccc(C(O)CCNC(=O)C(F)(F)F)c1. The summed E-state index contributed by atoms with van der Waals surface area (Å²) in [6, 6.07) is 6.89. The second kappa shape index (κ2) is 9.96. The number of rotatable bonds is 7. The van der Waals surface area contributed by atoms with Gasteiger partial charge >= 0.3 is 12.1 Å². The topological polar surface area (TPSA) is 61.4 Å². The highest BCUT2D eigenvalue weighted by atomic mass is 19.4. The first kappa shape index (κ1) is 20.0. The van der Waals surface area contributed by atoms with Gasteiger partial charge in [-0.15, -0.1) is 0 Å². The van der Waals surface area contributed by atoms with Gasteiger partial charge in [0.2, 0.25) is 0 Å². The second-order valence-corrected chi connectivity index (χ2v) is 5.19. The molecule has 132 valence electrons. The van der Waals surface area contributed by atoms with Crippen LogP contribution in [0.25, 0.3) is 0 Å². The first-order valence-electron chi connectivity index (χ1n) is 7.61. The van der Waals surface area contributed by atoms with Gasteiger partial charge in [-0.25, -0.2) is 0 Å². The summed E-state index contributed by atoms with van der Waals surface area (Å²) in [7, 11) is 1.87. The van der Waals surface area contributed by atoms with Crippen molar-refractivity contribution in [3.05, 3.63) is 35.4 Å². The first-order valence-corrected chi connectivity index (χ1v) is 7.61. The monoisotopic (exact) mass is 342 g/mol. The highest BCUT2D eigenvalue weighted by molar-refractivity contribution is 5.81. The number of alkyl halides is 3. The minimum atomic E-state index is -4.91. The summed E-state index contributed by atoms with van der Waals surface area (Å²) >= 11 is 0. The van der Waals surface area contributed by atoms with Crippen LogP contribution < -0.4 is 10.6 Å². The van der Waals surface area contributed by atoms with E-state index in [9.17, 15) is 23.1 Å². The van der Waals surface area contributed by atoms with E-state index >= 15 is 0 Å². The Morgan fingerprint density at radius 2 is 2.08 bits per heavy atom. The van der Waals surface area contributed by atoms with Crippen molar-refractivity contribution in [3.8, 4) is 11.8 Å². The number of aliphatic hydroxyl groups is 1. The van der Waals surface area contributed by atoms with E-state index in [-0.39, 0.29) is 13.0 Å². The third-order valence-corrected chi connectivity index (χ3v) is 3.19. The average molecular weight is 342 g/mol. The van der Waals surface area contributed by atoms with Crippen LogP contribution in [0.2, 0.25) is 0 Å². The van der Waals surface area contributed by atoms with E-state index in [0.717, 1.165) is 24.9 Å². The molecule has 4 nitrogen and oxygen atoms in total. The second-order valence-electron chi connectivity index (χ2n) is 5.19. The number of benzene rings is 1. The predicted molar refractivity (Wildman–Crippen MR) is 85.1 cm³/mol. The minimum Gasteiger partial charge on any atom is -0.388 e. The van der Waals surface area contributed by atoms with Crippen LogP contribution in [0.1, 0.15) is 36.5 Å². The zero-order valence-corrected chi connectivity index (χ0v) is 13.4. The molecule has 1 atom stereocenters. The predicted octanol–water partition coefficient (Wildman–Crippen LogP) is 2.14. The molecular weight excluding hydrogens is 321 g/mol. The Labute approximate surface area is 139 Å². The molecule has 0 bridgehead atoms. The maximum atomic E-state index is 12.1. The van der Waals surface area contributed by atoms with Gasteiger partial charge in [-0.3, -0.25) is 4.79 Å². The van der Waals surface area contributed by atoms with Crippen LogP contribution >= 0.6 is 0 Å². The van der Waals surface area contributed by atoms with Crippen molar-refractivity contribution in [3.63, 3.8) is 0 Å². The van der Waals surface area contributed by atoms with Gasteiger partial charge in [0, 0.05) is 18.5 Å². The molecule has 1 aromatic rings. The Hall–Kier alpha value is -2.04. The van der Waals surface area contributed by atoms with Gasteiger partial charge in [-0.2, -0.15) is 13.2 Å². The Kier molecular flexibility index (Phi) is 8.30. The van der Waals surface area contributed by atoms with E-state index in [0.29, 0.717) is 5.56 Å². The lowest BCUT2D eigenvalue weighted by atomic mass is 10.0.